The molecule has 3 aliphatic rings. The number of rotatable bonds is 2. The monoisotopic (exact) mass is 314 g/mol. The van der Waals surface area contributed by atoms with Crippen molar-refractivity contribution in [1.82, 2.24) is 0 Å². The maximum Gasteiger partial charge on any atom is 0.119 e. The number of hydrogen-bond acceptors (Lipinski definition) is 2. The minimum Gasteiger partial charge on any atom is -0.497 e. The van der Waals surface area contributed by atoms with Gasteiger partial charge in [-0.15, -0.1) is 0 Å². The molecule has 0 aromatic heterocycles. The second kappa shape index (κ2) is 5.24. The Hall–Kier alpha value is -1.02. The van der Waals surface area contributed by atoms with E-state index in [1.807, 2.05) is 0 Å². The average Bonchev–Trinajstić information content (AvgIpc) is 2.86. The van der Waals surface area contributed by atoms with Gasteiger partial charge in [0.05, 0.1) is 12.7 Å². The lowest BCUT2D eigenvalue weighted by Crippen LogP contribution is -2.50. The molecule has 1 aromatic rings. The van der Waals surface area contributed by atoms with Gasteiger partial charge in [-0.3, -0.25) is 0 Å². The van der Waals surface area contributed by atoms with E-state index < -0.39 is 5.60 Å². The highest BCUT2D eigenvalue weighted by Gasteiger charge is 2.60. The Morgan fingerprint density at radius 2 is 2.04 bits per heavy atom. The van der Waals surface area contributed by atoms with Crippen molar-refractivity contribution < 1.29 is 9.84 Å². The van der Waals surface area contributed by atoms with E-state index in [0.29, 0.717) is 11.8 Å². The summed E-state index contributed by atoms with van der Waals surface area (Å²) in [5.41, 5.74) is 2.77. The van der Waals surface area contributed by atoms with Crippen molar-refractivity contribution in [2.24, 2.45) is 17.3 Å². The molecule has 4 rings (SSSR count). The number of aryl methyl sites for hydroxylation is 1. The van der Waals surface area contributed by atoms with Crippen LogP contribution in [0.5, 0.6) is 5.75 Å². The summed E-state index contributed by atoms with van der Waals surface area (Å²) in [6.45, 7) is 4.55. The van der Waals surface area contributed by atoms with Crippen molar-refractivity contribution in [1.29, 1.82) is 0 Å². The molecule has 2 heteroatoms. The third-order valence-electron chi connectivity index (χ3n) is 7.84. The molecule has 3 aliphatic carbocycles. The maximum absolute atomic E-state index is 11.2. The minimum absolute atomic E-state index is 0.132. The molecular formula is C21H30O2. The topological polar surface area (TPSA) is 29.5 Å². The highest BCUT2D eigenvalue weighted by molar-refractivity contribution is 5.40. The Bertz CT molecular complexity index is 610. The van der Waals surface area contributed by atoms with E-state index in [1.54, 1.807) is 12.7 Å². The zero-order valence-electron chi connectivity index (χ0n) is 14.8. The van der Waals surface area contributed by atoms with E-state index in [4.69, 9.17) is 4.74 Å². The Kier molecular flexibility index (Phi) is 3.53. The summed E-state index contributed by atoms with van der Waals surface area (Å²) < 4.78 is 5.41. The molecule has 0 bridgehead atoms. The van der Waals surface area contributed by atoms with Crippen LogP contribution >= 0.6 is 0 Å². The minimum atomic E-state index is -0.428. The molecule has 0 aliphatic heterocycles. The van der Waals surface area contributed by atoms with Crippen molar-refractivity contribution in [3.8, 4) is 5.75 Å². The molecule has 0 spiro atoms. The fourth-order valence-corrected chi connectivity index (χ4v) is 6.38. The van der Waals surface area contributed by atoms with E-state index in [0.717, 1.165) is 24.5 Å². The van der Waals surface area contributed by atoms with Crippen molar-refractivity contribution in [2.75, 3.05) is 7.11 Å². The smallest absolute Gasteiger partial charge is 0.119 e. The van der Waals surface area contributed by atoms with Gasteiger partial charge in [-0.25, -0.2) is 0 Å². The average molecular weight is 314 g/mol. The van der Waals surface area contributed by atoms with Crippen LogP contribution in [0.3, 0.4) is 0 Å². The summed E-state index contributed by atoms with van der Waals surface area (Å²) >= 11 is 0. The van der Waals surface area contributed by atoms with E-state index in [2.05, 4.69) is 32.0 Å². The van der Waals surface area contributed by atoms with Gasteiger partial charge >= 0.3 is 0 Å². The van der Waals surface area contributed by atoms with Crippen LogP contribution in [0.25, 0.3) is 0 Å². The van der Waals surface area contributed by atoms with Gasteiger partial charge < -0.3 is 9.84 Å². The lowest BCUT2D eigenvalue weighted by molar-refractivity contribution is -0.104. The second-order valence-electron chi connectivity index (χ2n) is 8.36. The summed E-state index contributed by atoms with van der Waals surface area (Å²) in [6.07, 6.45) is 7.99. The molecule has 2 nitrogen and oxygen atoms in total. The number of fused-ring (bicyclic) bond motifs is 5. The van der Waals surface area contributed by atoms with Crippen molar-refractivity contribution in [3.63, 3.8) is 0 Å². The highest BCUT2D eigenvalue weighted by atomic mass is 16.5. The zero-order chi connectivity index (χ0) is 16.2. The summed E-state index contributed by atoms with van der Waals surface area (Å²) in [5, 5.41) is 11.2. The zero-order valence-corrected chi connectivity index (χ0v) is 14.8. The fourth-order valence-electron chi connectivity index (χ4n) is 6.38. The first-order valence-corrected chi connectivity index (χ1v) is 9.41. The molecule has 5 atom stereocenters. The van der Waals surface area contributed by atoms with Gasteiger partial charge in [-0.05, 0) is 91.4 Å². The number of aliphatic hydroxyl groups is 1. The van der Waals surface area contributed by atoms with Crippen LogP contribution < -0.4 is 4.74 Å². The van der Waals surface area contributed by atoms with Gasteiger partial charge in [-0.1, -0.05) is 19.9 Å². The van der Waals surface area contributed by atoms with Crippen LogP contribution in [-0.4, -0.2) is 17.8 Å². The van der Waals surface area contributed by atoms with E-state index in [9.17, 15) is 5.11 Å². The summed E-state index contributed by atoms with van der Waals surface area (Å²) in [4.78, 5) is 0. The quantitative estimate of drug-likeness (QED) is 0.858. The Morgan fingerprint density at radius 3 is 2.78 bits per heavy atom. The first-order valence-electron chi connectivity index (χ1n) is 9.41. The number of hydrogen-bond donors (Lipinski definition) is 1. The van der Waals surface area contributed by atoms with Gasteiger partial charge in [0.15, 0.2) is 0 Å². The molecule has 0 saturated heterocycles. The molecule has 2 saturated carbocycles. The van der Waals surface area contributed by atoms with E-state index in [1.165, 1.54) is 37.7 Å². The first kappa shape index (κ1) is 15.5. The fraction of sp³-hybridized carbons (Fsp3) is 0.714. The van der Waals surface area contributed by atoms with Crippen molar-refractivity contribution in [3.05, 3.63) is 29.3 Å². The molecule has 1 N–H and O–H groups in total. The SMILES string of the molecule is CC[C@]1(O)CC[C@@H]2[C@H]3CCc4cc(OC)ccc4[C@@H]3CC[C@@]21C. The molecular weight excluding hydrogens is 284 g/mol. The molecule has 0 radical (unpaired) electrons. The Balaban J connectivity index is 1.68. The number of benzene rings is 1. The second-order valence-corrected chi connectivity index (χ2v) is 8.36. The molecule has 1 aromatic carbocycles. The van der Waals surface area contributed by atoms with Crippen molar-refractivity contribution in [2.45, 2.75) is 70.3 Å². The molecule has 126 valence electrons. The lowest BCUT2D eigenvalue weighted by atomic mass is 9.53. The number of methoxy groups -OCH3 is 1. The van der Waals surface area contributed by atoms with Gasteiger partial charge in [0.1, 0.15) is 5.75 Å². The van der Waals surface area contributed by atoms with Crippen LogP contribution in [-0.2, 0) is 6.42 Å². The summed E-state index contributed by atoms with van der Waals surface area (Å²) in [6, 6.07) is 6.69. The molecule has 0 heterocycles. The van der Waals surface area contributed by atoms with Gasteiger partial charge in [0.2, 0.25) is 0 Å². The summed E-state index contributed by atoms with van der Waals surface area (Å²) in [5.74, 6) is 3.14. The first-order chi connectivity index (χ1) is 11.0. The van der Waals surface area contributed by atoms with Crippen LogP contribution in [0.2, 0.25) is 0 Å². The standard InChI is InChI=1S/C21H30O2/c1-4-21(22)12-10-19-18-7-5-14-13-15(23-3)6-8-16(14)17(18)9-11-20(19,21)2/h6,8,13,17-19,22H,4-5,7,9-12H2,1-3H3/t17-,18-,19+,20-,21-/m0/s1. The number of ether oxygens (including phenoxy) is 1. The normalized spacial score (nSPS) is 41.8. The van der Waals surface area contributed by atoms with Crippen LogP contribution in [0.15, 0.2) is 18.2 Å². The third-order valence-corrected chi connectivity index (χ3v) is 7.84. The Labute approximate surface area is 140 Å². The predicted octanol–water partition coefficient (Wildman–Crippen LogP) is 4.69. The highest BCUT2D eigenvalue weighted by Crippen LogP contribution is 2.64. The van der Waals surface area contributed by atoms with E-state index >= 15 is 0 Å². The Morgan fingerprint density at radius 1 is 1.22 bits per heavy atom. The van der Waals surface area contributed by atoms with Gasteiger partial charge in [0.25, 0.3) is 0 Å². The lowest BCUT2D eigenvalue weighted by Gasteiger charge is -2.53. The molecule has 0 amide bonds. The van der Waals surface area contributed by atoms with Gasteiger partial charge in [0, 0.05) is 0 Å². The van der Waals surface area contributed by atoms with E-state index in [-0.39, 0.29) is 5.41 Å². The largest absolute Gasteiger partial charge is 0.497 e. The van der Waals surface area contributed by atoms with Crippen LogP contribution in [0.4, 0.5) is 0 Å². The predicted molar refractivity (Wildman–Crippen MR) is 92.9 cm³/mol. The third kappa shape index (κ3) is 2.03. The molecule has 0 unspecified atom stereocenters. The van der Waals surface area contributed by atoms with Crippen molar-refractivity contribution >= 4 is 0 Å². The van der Waals surface area contributed by atoms with Crippen LogP contribution in [0, 0.1) is 17.3 Å². The molecule has 23 heavy (non-hydrogen) atoms. The van der Waals surface area contributed by atoms with Gasteiger partial charge in [-0.2, -0.15) is 0 Å². The maximum atomic E-state index is 11.2. The molecule has 2 fully saturated rings. The summed E-state index contributed by atoms with van der Waals surface area (Å²) in [7, 11) is 1.75. The van der Waals surface area contributed by atoms with Crippen LogP contribution in [0.1, 0.15) is 69.4 Å².